The Kier molecular flexibility index (Phi) is 6.73. The lowest BCUT2D eigenvalue weighted by molar-refractivity contribution is -0.367. The van der Waals surface area contributed by atoms with Crippen LogP contribution in [0.5, 0.6) is 11.5 Å². The van der Waals surface area contributed by atoms with Crippen LogP contribution in [-0.4, -0.2) is 44.7 Å². The predicted octanol–water partition coefficient (Wildman–Crippen LogP) is 2.36. The van der Waals surface area contributed by atoms with E-state index in [2.05, 4.69) is 5.73 Å². The second-order valence-corrected chi connectivity index (χ2v) is 9.41. The molecular weight excluding hydrogens is 440 g/mol. The van der Waals surface area contributed by atoms with Crippen LogP contribution in [0.4, 0.5) is 4.79 Å². The van der Waals surface area contributed by atoms with Gasteiger partial charge in [0.05, 0.1) is 25.1 Å². The minimum atomic E-state index is -4.07. The van der Waals surface area contributed by atoms with Crippen molar-refractivity contribution in [2.75, 3.05) is 20.2 Å². The molecule has 0 unspecified atom stereocenters. The normalized spacial score (nSPS) is 15.6. The number of aryl methyl sites for hydroxylation is 2. The van der Waals surface area contributed by atoms with E-state index in [1.807, 2.05) is 6.07 Å². The van der Waals surface area contributed by atoms with Gasteiger partial charge < -0.3 is 14.7 Å². The lowest BCUT2D eigenvalue weighted by Gasteiger charge is -2.13. The second kappa shape index (κ2) is 9.13. The number of hydrogen-bond donors (Lipinski definition) is 1. The minimum Gasteiger partial charge on any atom is -0.493 e. The van der Waals surface area contributed by atoms with E-state index in [0.717, 1.165) is 22.2 Å². The second-order valence-electron chi connectivity index (χ2n) is 6.90. The molecular formula is C21H23N2O6S2+. The van der Waals surface area contributed by atoms with Crippen LogP contribution in [0.3, 0.4) is 0 Å². The fourth-order valence-electron chi connectivity index (χ4n) is 2.98. The van der Waals surface area contributed by atoms with Crippen molar-refractivity contribution in [2.24, 2.45) is 0 Å². The number of amides is 2. The van der Waals surface area contributed by atoms with E-state index in [1.165, 1.54) is 13.2 Å². The average Bonchev–Trinajstić information content (AvgIpc) is 2.98. The van der Waals surface area contributed by atoms with E-state index >= 15 is 0 Å². The van der Waals surface area contributed by atoms with Crippen LogP contribution >= 0.6 is 11.8 Å². The van der Waals surface area contributed by atoms with Gasteiger partial charge in [-0.15, -0.1) is 0 Å². The molecule has 3 rings (SSSR count). The largest absolute Gasteiger partial charge is 0.493 e. The van der Waals surface area contributed by atoms with Crippen molar-refractivity contribution in [3.8, 4) is 11.5 Å². The number of hydrogen-bond acceptors (Lipinski definition) is 7. The minimum absolute atomic E-state index is 0.0192. The highest BCUT2D eigenvalue weighted by Gasteiger charge is 2.34. The molecule has 1 fully saturated rings. The molecule has 0 radical (unpaired) electrons. The highest BCUT2D eigenvalue weighted by molar-refractivity contribution is 8.18. The Morgan fingerprint density at radius 3 is 2.52 bits per heavy atom. The maximum absolute atomic E-state index is 12.8. The number of benzene rings is 2. The third-order valence-corrected chi connectivity index (χ3v) is 6.84. The van der Waals surface area contributed by atoms with E-state index in [9.17, 15) is 18.0 Å². The molecule has 31 heavy (non-hydrogen) atoms. The van der Waals surface area contributed by atoms with Gasteiger partial charge in [0.1, 0.15) is 4.90 Å². The SMILES string of the molecule is COc1cc(/C=C2\SC(=O)N(CC[NH3+])C2=O)ccc1OS(=O)(=O)c1cc(C)ccc1C. The molecule has 164 valence electrons. The summed E-state index contributed by atoms with van der Waals surface area (Å²) in [6.45, 7) is 4.18. The summed E-state index contributed by atoms with van der Waals surface area (Å²) in [5, 5.41) is -0.341. The third kappa shape index (κ3) is 4.92. The average molecular weight is 464 g/mol. The molecule has 0 aromatic heterocycles. The Balaban J connectivity index is 1.90. The molecule has 1 saturated heterocycles. The number of ether oxygens (including phenoxy) is 1. The molecule has 2 aromatic carbocycles. The summed E-state index contributed by atoms with van der Waals surface area (Å²) in [7, 11) is -2.69. The molecule has 2 amide bonds. The molecule has 10 heteroatoms. The van der Waals surface area contributed by atoms with Crippen molar-refractivity contribution in [1.29, 1.82) is 0 Å². The van der Waals surface area contributed by atoms with Gasteiger partial charge in [0.2, 0.25) is 0 Å². The summed E-state index contributed by atoms with van der Waals surface area (Å²) in [5.41, 5.74) is 5.59. The van der Waals surface area contributed by atoms with Gasteiger partial charge in [0.15, 0.2) is 11.5 Å². The first-order valence-corrected chi connectivity index (χ1v) is 11.6. The van der Waals surface area contributed by atoms with Crippen LogP contribution in [0.15, 0.2) is 46.2 Å². The number of carbonyl (C=O) groups is 2. The lowest BCUT2D eigenvalue weighted by Crippen LogP contribution is -2.55. The Labute approximate surface area is 185 Å². The standard InChI is InChI=1S/C21H22N2O6S2/c1-13-4-5-14(2)19(10-13)31(26,27)29-16-7-6-15(11-17(16)28-3)12-18-20(24)23(9-8-22)21(25)30-18/h4-7,10-12H,8-9,22H2,1-3H3/p+1/b18-12-. The van der Waals surface area contributed by atoms with E-state index in [1.54, 1.807) is 44.2 Å². The molecule has 2 aromatic rings. The van der Waals surface area contributed by atoms with E-state index < -0.39 is 10.1 Å². The Morgan fingerprint density at radius 2 is 1.84 bits per heavy atom. The molecule has 8 nitrogen and oxygen atoms in total. The summed E-state index contributed by atoms with van der Waals surface area (Å²) < 4.78 is 36.2. The summed E-state index contributed by atoms with van der Waals surface area (Å²) in [5.74, 6) is -0.180. The van der Waals surface area contributed by atoms with E-state index in [4.69, 9.17) is 8.92 Å². The number of nitrogens with zero attached hydrogens (tertiary/aromatic N) is 1. The fraction of sp³-hybridized carbons (Fsp3) is 0.238. The lowest BCUT2D eigenvalue weighted by atomic mass is 10.2. The van der Waals surface area contributed by atoms with Gasteiger partial charge in [-0.1, -0.05) is 18.2 Å². The quantitative estimate of drug-likeness (QED) is 0.495. The number of methoxy groups -OCH3 is 1. The molecule has 0 spiro atoms. The summed E-state index contributed by atoms with van der Waals surface area (Å²) in [6.07, 6.45) is 1.56. The molecule has 0 saturated carbocycles. The van der Waals surface area contributed by atoms with Gasteiger partial charge >= 0.3 is 10.1 Å². The highest BCUT2D eigenvalue weighted by atomic mass is 32.2. The molecule has 1 heterocycles. The van der Waals surface area contributed by atoms with Crippen LogP contribution < -0.4 is 14.7 Å². The van der Waals surface area contributed by atoms with Crippen LogP contribution in [-0.2, 0) is 14.9 Å². The molecule has 0 atom stereocenters. The number of imide groups is 1. The van der Waals surface area contributed by atoms with Crippen molar-refractivity contribution in [2.45, 2.75) is 18.7 Å². The zero-order chi connectivity index (χ0) is 22.8. The van der Waals surface area contributed by atoms with E-state index in [-0.39, 0.29) is 39.0 Å². The number of thioether (sulfide) groups is 1. The van der Waals surface area contributed by atoms with Crippen LogP contribution in [0.25, 0.3) is 6.08 Å². The van der Waals surface area contributed by atoms with Gasteiger partial charge in [-0.2, -0.15) is 8.42 Å². The first kappa shape index (κ1) is 22.9. The molecule has 3 N–H and O–H groups in total. The van der Waals surface area contributed by atoms with Gasteiger partial charge in [0.25, 0.3) is 11.1 Å². The van der Waals surface area contributed by atoms with Crippen molar-refractivity contribution in [1.82, 2.24) is 4.90 Å². The predicted molar refractivity (Wildman–Crippen MR) is 117 cm³/mol. The zero-order valence-corrected chi connectivity index (χ0v) is 19.0. The van der Waals surface area contributed by atoms with Crippen molar-refractivity contribution >= 4 is 39.1 Å². The topological polar surface area (TPSA) is 118 Å². The first-order chi connectivity index (χ1) is 14.7. The Bertz CT molecular complexity index is 1170. The summed E-state index contributed by atoms with van der Waals surface area (Å²) in [4.78, 5) is 25.9. The maximum atomic E-state index is 12.8. The Morgan fingerprint density at radius 1 is 1.10 bits per heavy atom. The first-order valence-electron chi connectivity index (χ1n) is 9.40. The van der Waals surface area contributed by atoms with Crippen molar-refractivity contribution in [3.05, 3.63) is 58.0 Å². The fourth-order valence-corrected chi connectivity index (χ4v) is 5.11. The van der Waals surface area contributed by atoms with Gasteiger partial charge in [-0.3, -0.25) is 14.5 Å². The molecule has 1 aliphatic heterocycles. The third-order valence-electron chi connectivity index (χ3n) is 4.55. The maximum Gasteiger partial charge on any atom is 0.339 e. The van der Waals surface area contributed by atoms with Gasteiger partial charge in [0, 0.05) is 0 Å². The number of rotatable bonds is 7. The van der Waals surface area contributed by atoms with Crippen molar-refractivity contribution < 1.29 is 32.7 Å². The zero-order valence-electron chi connectivity index (χ0n) is 17.4. The summed E-state index contributed by atoms with van der Waals surface area (Å²) >= 11 is 0.847. The van der Waals surface area contributed by atoms with Crippen molar-refractivity contribution in [3.63, 3.8) is 0 Å². The number of quaternary nitrogens is 1. The Hall–Kier alpha value is -2.82. The monoisotopic (exact) mass is 463 g/mol. The van der Waals surface area contributed by atoms with Crippen LogP contribution in [0, 0.1) is 13.8 Å². The smallest absolute Gasteiger partial charge is 0.339 e. The van der Waals surface area contributed by atoms with Crippen LogP contribution in [0.2, 0.25) is 0 Å². The van der Waals surface area contributed by atoms with Gasteiger partial charge in [-0.25, -0.2) is 0 Å². The van der Waals surface area contributed by atoms with Gasteiger partial charge in [-0.05, 0) is 66.6 Å². The molecule has 0 bridgehead atoms. The number of carbonyl (C=O) groups excluding carboxylic acids is 2. The highest BCUT2D eigenvalue weighted by Crippen LogP contribution is 2.35. The van der Waals surface area contributed by atoms with Crippen LogP contribution in [0.1, 0.15) is 16.7 Å². The molecule has 0 aliphatic carbocycles. The molecule has 1 aliphatic rings. The summed E-state index contributed by atoms with van der Waals surface area (Å²) in [6, 6.07) is 9.67. The van der Waals surface area contributed by atoms with E-state index in [0.29, 0.717) is 17.7 Å².